The van der Waals surface area contributed by atoms with Crippen LogP contribution in [0.5, 0.6) is 0 Å². The zero-order chi connectivity index (χ0) is 10.2. The number of carbonyl (C=O) groups is 1. The molecule has 0 aromatic rings. The van der Waals surface area contributed by atoms with Gasteiger partial charge in [-0.2, -0.15) is 0 Å². The first-order chi connectivity index (χ1) is 6.69. The molecule has 0 aromatic carbocycles. The number of hydrogen-bond donors (Lipinski definition) is 0. The van der Waals surface area contributed by atoms with Gasteiger partial charge in [0.05, 0.1) is 13.0 Å². The van der Waals surface area contributed by atoms with Crippen LogP contribution in [0.25, 0.3) is 0 Å². The van der Waals surface area contributed by atoms with Crippen LogP contribution >= 0.6 is 0 Å². The van der Waals surface area contributed by atoms with Gasteiger partial charge in [0.25, 0.3) is 0 Å². The Balaban J connectivity index is 2.09. The molecule has 0 radical (unpaired) electrons. The van der Waals surface area contributed by atoms with E-state index in [1.807, 2.05) is 0 Å². The normalized spacial score (nSPS) is 35.0. The van der Waals surface area contributed by atoms with Crippen molar-refractivity contribution in [2.75, 3.05) is 7.11 Å². The zero-order valence-corrected chi connectivity index (χ0v) is 9.21. The molecule has 0 aromatic heterocycles. The molecule has 0 amide bonds. The first-order valence-electron chi connectivity index (χ1n) is 5.77. The lowest BCUT2D eigenvalue weighted by atomic mass is 9.75. The maximum atomic E-state index is 11.5. The highest BCUT2D eigenvalue weighted by Gasteiger charge is 2.49. The van der Waals surface area contributed by atoms with Crippen molar-refractivity contribution in [2.45, 2.75) is 45.4 Å². The minimum Gasteiger partial charge on any atom is -0.469 e. The number of esters is 1. The van der Waals surface area contributed by atoms with E-state index >= 15 is 0 Å². The summed E-state index contributed by atoms with van der Waals surface area (Å²) in [6.45, 7) is 2.25. The monoisotopic (exact) mass is 196 g/mol. The molecule has 80 valence electrons. The van der Waals surface area contributed by atoms with Crippen molar-refractivity contribution >= 4 is 5.97 Å². The maximum Gasteiger partial charge on any atom is 0.308 e. The molecule has 2 unspecified atom stereocenters. The lowest BCUT2D eigenvalue weighted by Crippen LogP contribution is -2.27. The largest absolute Gasteiger partial charge is 0.469 e. The lowest BCUT2D eigenvalue weighted by Gasteiger charge is -2.30. The minimum absolute atomic E-state index is 0.0151. The van der Waals surface area contributed by atoms with Gasteiger partial charge >= 0.3 is 5.97 Å². The molecule has 2 fully saturated rings. The summed E-state index contributed by atoms with van der Waals surface area (Å²) in [4.78, 5) is 11.5. The summed E-state index contributed by atoms with van der Waals surface area (Å²) in [7, 11) is 1.51. The van der Waals surface area contributed by atoms with E-state index < -0.39 is 0 Å². The van der Waals surface area contributed by atoms with Gasteiger partial charge in [-0.1, -0.05) is 19.8 Å². The standard InChI is InChI=1S/C12H20O2/c1-9-10(11(13)14-2)5-8-12(9)6-3-4-7-12/h9-10H,3-8H2,1-2H3. The van der Waals surface area contributed by atoms with Crippen LogP contribution in [0.3, 0.4) is 0 Å². The van der Waals surface area contributed by atoms with E-state index in [4.69, 9.17) is 4.74 Å². The van der Waals surface area contributed by atoms with Crippen molar-refractivity contribution in [3.63, 3.8) is 0 Å². The van der Waals surface area contributed by atoms with Gasteiger partial charge in [-0.25, -0.2) is 0 Å². The van der Waals surface area contributed by atoms with Crippen LogP contribution in [-0.2, 0) is 9.53 Å². The number of rotatable bonds is 1. The Morgan fingerprint density at radius 2 is 1.93 bits per heavy atom. The van der Waals surface area contributed by atoms with Crippen molar-refractivity contribution in [1.82, 2.24) is 0 Å². The maximum absolute atomic E-state index is 11.5. The Labute approximate surface area is 86.0 Å². The van der Waals surface area contributed by atoms with Crippen LogP contribution in [0.1, 0.15) is 45.4 Å². The van der Waals surface area contributed by atoms with Crippen LogP contribution in [0, 0.1) is 17.3 Å². The Bertz CT molecular complexity index is 228. The third kappa shape index (κ3) is 1.35. The van der Waals surface area contributed by atoms with Crippen molar-refractivity contribution in [3.05, 3.63) is 0 Å². The molecule has 0 N–H and O–H groups in total. The van der Waals surface area contributed by atoms with E-state index in [-0.39, 0.29) is 11.9 Å². The van der Waals surface area contributed by atoms with Crippen LogP contribution in [0.4, 0.5) is 0 Å². The topological polar surface area (TPSA) is 26.3 Å². The molecule has 1 spiro atoms. The summed E-state index contributed by atoms with van der Waals surface area (Å²) in [6.07, 6.45) is 7.68. The van der Waals surface area contributed by atoms with E-state index in [2.05, 4.69) is 6.92 Å². The second kappa shape index (κ2) is 3.56. The van der Waals surface area contributed by atoms with Gasteiger partial charge < -0.3 is 4.74 Å². The highest BCUT2D eigenvalue weighted by Crippen LogP contribution is 2.56. The fourth-order valence-corrected chi connectivity index (χ4v) is 3.61. The number of hydrogen-bond acceptors (Lipinski definition) is 2. The van der Waals surface area contributed by atoms with Gasteiger partial charge in [-0.15, -0.1) is 0 Å². The molecule has 2 aliphatic carbocycles. The summed E-state index contributed by atoms with van der Waals surface area (Å²) in [5, 5.41) is 0. The fourth-order valence-electron chi connectivity index (χ4n) is 3.61. The molecule has 0 heterocycles. The predicted molar refractivity (Wildman–Crippen MR) is 54.8 cm³/mol. The van der Waals surface area contributed by atoms with E-state index in [1.165, 1.54) is 39.2 Å². The second-order valence-electron chi connectivity index (χ2n) is 5.03. The van der Waals surface area contributed by atoms with Gasteiger partial charge in [0.15, 0.2) is 0 Å². The van der Waals surface area contributed by atoms with Gasteiger partial charge in [0.2, 0.25) is 0 Å². The molecule has 0 bridgehead atoms. The molecular formula is C12H20O2. The molecule has 14 heavy (non-hydrogen) atoms. The van der Waals surface area contributed by atoms with Crippen LogP contribution < -0.4 is 0 Å². The van der Waals surface area contributed by atoms with Crippen LogP contribution in [0.15, 0.2) is 0 Å². The smallest absolute Gasteiger partial charge is 0.308 e. The quantitative estimate of drug-likeness (QED) is 0.603. The summed E-state index contributed by atoms with van der Waals surface area (Å²) in [5.41, 5.74) is 0.499. The van der Waals surface area contributed by atoms with Crippen LogP contribution in [0.2, 0.25) is 0 Å². The molecule has 2 saturated carbocycles. The number of methoxy groups -OCH3 is 1. The van der Waals surface area contributed by atoms with E-state index in [1.54, 1.807) is 0 Å². The highest BCUT2D eigenvalue weighted by molar-refractivity contribution is 5.73. The third-order valence-corrected chi connectivity index (χ3v) is 4.63. The molecule has 2 rings (SSSR count). The van der Waals surface area contributed by atoms with Gasteiger partial charge in [-0.3, -0.25) is 4.79 Å². The van der Waals surface area contributed by atoms with Gasteiger partial charge in [0.1, 0.15) is 0 Å². The predicted octanol–water partition coefficient (Wildman–Crippen LogP) is 2.77. The Hall–Kier alpha value is -0.530. The number of ether oxygens (including phenoxy) is 1. The van der Waals surface area contributed by atoms with Gasteiger partial charge in [-0.05, 0) is 37.0 Å². The molecular weight excluding hydrogens is 176 g/mol. The Morgan fingerprint density at radius 1 is 1.29 bits per heavy atom. The minimum atomic E-state index is 0.0151. The zero-order valence-electron chi connectivity index (χ0n) is 9.21. The SMILES string of the molecule is COC(=O)C1CCC2(CCCC2)C1C. The molecule has 0 aliphatic heterocycles. The van der Waals surface area contributed by atoms with E-state index in [0.29, 0.717) is 11.3 Å². The first kappa shape index (κ1) is 10.0. The first-order valence-corrected chi connectivity index (χ1v) is 5.77. The summed E-state index contributed by atoms with van der Waals surface area (Å²) in [6, 6.07) is 0. The van der Waals surface area contributed by atoms with E-state index in [9.17, 15) is 4.79 Å². The molecule has 2 heteroatoms. The average molecular weight is 196 g/mol. The van der Waals surface area contributed by atoms with Crippen molar-refractivity contribution < 1.29 is 9.53 Å². The average Bonchev–Trinajstić information content (AvgIpc) is 2.78. The fraction of sp³-hybridized carbons (Fsp3) is 0.917. The second-order valence-corrected chi connectivity index (χ2v) is 5.03. The van der Waals surface area contributed by atoms with Crippen LogP contribution in [-0.4, -0.2) is 13.1 Å². The summed E-state index contributed by atoms with van der Waals surface area (Å²) < 4.78 is 4.87. The lowest BCUT2D eigenvalue weighted by molar-refractivity contribution is -0.147. The summed E-state index contributed by atoms with van der Waals surface area (Å²) >= 11 is 0. The molecule has 2 aliphatic rings. The van der Waals surface area contributed by atoms with Crippen molar-refractivity contribution in [3.8, 4) is 0 Å². The molecule has 0 saturated heterocycles. The molecule has 2 atom stereocenters. The third-order valence-electron chi connectivity index (χ3n) is 4.63. The Morgan fingerprint density at radius 3 is 2.50 bits per heavy atom. The van der Waals surface area contributed by atoms with Crippen molar-refractivity contribution in [1.29, 1.82) is 0 Å². The van der Waals surface area contributed by atoms with Gasteiger partial charge in [0, 0.05) is 0 Å². The van der Waals surface area contributed by atoms with Crippen molar-refractivity contribution in [2.24, 2.45) is 17.3 Å². The Kier molecular flexibility index (Phi) is 2.54. The summed E-state index contributed by atoms with van der Waals surface area (Å²) in [5.74, 6) is 0.733. The number of carbonyl (C=O) groups excluding carboxylic acids is 1. The van der Waals surface area contributed by atoms with E-state index in [0.717, 1.165) is 6.42 Å². The molecule has 2 nitrogen and oxygen atoms in total. The highest BCUT2D eigenvalue weighted by atomic mass is 16.5.